The van der Waals surface area contributed by atoms with Crippen molar-refractivity contribution >= 4 is 11.9 Å². The van der Waals surface area contributed by atoms with E-state index in [1.54, 1.807) is 31.4 Å². The van der Waals surface area contributed by atoms with Crippen LogP contribution in [0.2, 0.25) is 0 Å². The Bertz CT molecular complexity index is 1100. The van der Waals surface area contributed by atoms with E-state index in [0.717, 1.165) is 5.56 Å². The summed E-state index contributed by atoms with van der Waals surface area (Å²) in [7, 11) is 2.95. The third-order valence-electron chi connectivity index (χ3n) is 4.98. The van der Waals surface area contributed by atoms with E-state index in [9.17, 15) is 14.7 Å². The summed E-state index contributed by atoms with van der Waals surface area (Å²) in [4.78, 5) is 29.8. The molecule has 0 unspecified atom stereocenters. The van der Waals surface area contributed by atoms with Gasteiger partial charge in [-0.15, -0.1) is 5.10 Å². The minimum Gasteiger partial charge on any atom is -0.464 e. The van der Waals surface area contributed by atoms with Gasteiger partial charge in [-0.25, -0.2) is 14.5 Å². The van der Waals surface area contributed by atoms with Crippen molar-refractivity contribution in [2.45, 2.75) is 12.0 Å². The van der Waals surface area contributed by atoms with Gasteiger partial charge in [-0.2, -0.15) is 0 Å². The molecule has 1 amide bonds. The Morgan fingerprint density at radius 3 is 2.76 bits per heavy atom. The van der Waals surface area contributed by atoms with Crippen LogP contribution < -0.4 is 0 Å². The summed E-state index contributed by atoms with van der Waals surface area (Å²) in [6, 6.07) is 12.4. The van der Waals surface area contributed by atoms with Crippen molar-refractivity contribution in [2.24, 2.45) is 0 Å². The summed E-state index contributed by atoms with van der Waals surface area (Å²) in [5.41, 5.74) is 0.810. The van der Waals surface area contributed by atoms with Crippen LogP contribution in [0.25, 0.3) is 16.9 Å². The highest BCUT2D eigenvalue weighted by Crippen LogP contribution is 2.31. The lowest BCUT2D eigenvalue weighted by atomic mass is 9.99. The second-order valence-electron chi connectivity index (χ2n) is 6.84. The molecule has 148 valence electrons. The second kappa shape index (κ2) is 7.10. The third kappa shape index (κ3) is 3.25. The summed E-state index contributed by atoms with van der Waals surface area (Å²) in [6.07, 6.45) is 1.82. The number of esters is 1. The van der Waals surface area contributed by atoms with Gasteiger partial charge in [0.05, 0.1) is 24.7 Å². The van der Waals surface area contributed by atoms with Gasteiger partial charge < -0.3 is 14.7 Å². The van der Waals surface area contributed by atoms with Crippen LogP contribution in [-0.4, -0.2) is 62.6 Å². The molecule has 0 radical (unpaired) electrons. The zero-order valence-corrected chi connectivity index (χ0v) is 15.9. The number of carbonyl (C=O) groups is 2. The van der Waals surface area contributed by atoms with Gasteiger partial charge in [0.25, 0.3) is 5.91 Å². The van der Waals surface area contributed by atoms with Crippen molar-refractivity contribution in [1.29, 1.82) is 0 Å². The van der Waals surface area contributed by atoms with E-state index in [1.807, 2.05) is 24.3 Å². The number of aliphatic hydroxyl groups is 1. The Hall–Kier alpha value is -3.59. The quantitative estimate of drug-likeness (QED) is 0.662. The number of aromatic nitrogens is 4. The molecular weight excluding hydrogens is 374 g/mol. The molecule has 1 aliphatic rings. The minimum atomic E-state index is -1.65. The third-order valence-corrected chi connectivity index (χ3v) is 4.98. The lowest BCUT2D eigenvalue weighted by molar-refractivity contribution is -0.143. The van der Waals surface area contributed by atoms with Gasteiger partial charge >= 0.3 is 5.97 Å². The fourth-order valence-corrected chi connectivity index (χ4v) is 3.29. The predicted octanol–water partition coefficient (Wildman–Crippen LogP) is 1.17. The molecule has 0 saturated carbocycles. The minimum absolute atomic E-state index is 0.211. The summed E-state index contributed by atoms with van der Waals surface area (Å²) < 4.78 is 6.21. The Balaban J connectivity index is 1.66. The first-order valence-electron chi connectivity index (χ1n) is 8.99. The Morgan fingerprint density at radius 1 is 1.24 bits per heavy atom. The smallest absolute Gasteiger partial charge is 0.356 e. The topological polar surface area (TPSA) is 110 Å². The molecule has 2 aromatic heterocycles. The number of rotatable bonds is 4. The van der Waals surface area contributed by atoms with Crippen molar-refractivity contribution in [3.63, 3.8) is 0 Å². The molecule has 1 atom stereocenters. The molecule has 1 fully saturated rings. The zero-order chi connectivity index (χ0) is 20.6. The first kappa shape index (κ1) is 18.8. The molecule has 9 heteroatoms. The van der Waals surface area contributed by atoms with Crippen LogP contribution in [0.5, 0.6) is 0 Å². The van der Waals surface area contributed by atoms with E-state index in [2.05, 4.69) is 15.3 Å². The van der Waals surface area contributed by atoms with Gasteiger partial charge in [0.1, 0.15) is 11.4 Å². The molecule has 4 rings (SSSR count). The Labute approximate surface area is 166 Å². The second-order valence-corrected chi connectivity index (χ2v) is 6.84. The number of hydrogen-bond acceptors (Lipinski definition) is 7. The van der Waals surface area contributed by atoms with E-state index in [-0.39, 0.29) is 23.7 Å². The SMILES string of the molecule is COC(=O)c1cccc(-c2cccc(-n3cc([C@]4(O)CCN(C)C4=O)nn3)c2)n1. The number of likely N-dealkylation sites (tertiary alicyclic amines) is 1. The van der Waals surface area contributed by atoms with E-state index in [1.165, 1.54) is 16.7 Å². The fraction of sp³-hybridized carbons (Fsp3) is 0.250. The molecular formula is C20H19N5O4. The normalized spacial score (nSPS) is 18.9. The summed E-state index contributed by atoms with van der Waals surface area (Å²) in [5, 5.41) is 18.8. The summed E-state index contributed by atoms with van der Waals surface area (Å²) in [6.45, 7) is 0.458. The van der Waals surface area contributed by atoms with Crippen molar-refractivity contribution in [3.05, 3.63) is 60.0 Å². The van der Waals surface area contributed by atoms with Gasteiger partial charge in [0.15, 0.2) is 5.60 Å². The fourth-order valence-electron chi connectivity index (χ4n) is 3.29. The maximum absolute atomic E-state index is 12.3. The number of nitrogens with zero attached hydrogens (tertiary/aromatic N) is 5. The molecule has 1 aliphatic heterocycles. The first-order chi connectivity index (χ1) is 13.9. The van der Waals surface area contributed by atoms with Crippen LogP contribution in [0, 0.1) is 0 Å². The van der Waals surface area contributed by atoms with Crippen LogP contribution in [0.15, 0.2) is 48.7 Å². The lowest BCUT2D eigenvalue weighted by Gasteiger charge is -2.17. The van der Waals surface area contributed by atoms with Gasteiger partial charge in [-0.1, -0.05) is 23.4 Å². The lowest BCUT2D eigenvalue weighted by Crippen LogP contribution is -2.36. The molecule has 9 nitrogen and oxygen atoms in total. The van der Waals surface area contributed by atoms with E-state index < -0.39 is 11.6 Å². The van der Waals surface area contributed by atoms with Crippen molar-refractivity contribution in [2.75, 3.05) is 20.7 Å². The number of carbonyl (C=O) groups excluding carboxylic acids is 2. The van der Waals surface area contributed by atoms with Crippen molar-refractivity contribution in [1.82, 2.24) is 24.9 Å². The molecule has 0 aliphatic carbocycles. The average Bonchev–Trinajstić information content (AvgIpc) is 3.36. The van der Waals surface area contributed by atoms with Crippen molar-refractivity contribution < 1.29 is 19.4 Å². The summed E-state index contributed by atoms with van der Waals surface area (Å²) >= 11 is 0. The molecule has 0 bridgehead atoms. The number of pyridine rings is 1. The molecule has 3 aromatic rings. The first-order valence-corrected chi connectivity index (χ1v) is 8.99. The number of hydrogen-bond donors (Lipinski definition) is 1. The van der Waals surface area contributed by atoms with Crippen LogP contribution in [0.3, 0.4) is 0 Å². The Morgan fingerprint density at radius 2 is 2.03 bits per heavy atom. The number of methoxy groups -OCH3 is 1. The maximum atomic E-state index is 12.3. The van der Waals surface area contributed by atoms with Crippen LogP contribution in [0.1, 0.15) is 22.6 Å². The van der Waals surface area contributed by atoms with Gasteiger partial charge in [-0.05, 0) is 24.3 Å². The standard InChI is InChI=1S/C20H19N5O4/c1-24-10-9-20(28,19(24)27)17-12-25(23-22-17)14-6-3-5-13(11-14)15-7-4-8-16(21-15)18(26)29-2/h3-8,11-12,28H,9-10H2,1-2H3/t20-/m1/s1. The highest BCUT2D eigenvalue weighted by molar-refractivity contribution is 5.88. The average molecular weight is 393 g/mol. The largest absolute Gasteiger partial charge is 0.464 e. The molecule has 0 spiro atoms. The number of benzene rings is 1. The van der Waals surface area contributed by atoms with E-state index in [0.29, 0.717) is 17.9 Å². The molecule has 1 saturated heterocycles. The summed E-state index contributed by atoms with van der Waals surface area (Å²) in [5.74, 6) is -0.898. The number of ether oxygens (including phenoxy) is 1. The number of amides is 1. The zero-order valence-electron chi connectivity index (χ0n) is 15.9. The highest BCUT2D eigenvalue weighted by Gasteiger charge is 2.47. The van der Waals surface area contributed by atoms with Crippen LogP contribution in [-0.2, 0) is 15.1 Å². The van der Waals surface area contributed by atoms with Gasteiger partial charge in [0.2, 0.25) is 0 Å². The highest BCUT2D eigenvalue weighted by atomic mass is 16.5. The predicted molar refractivity (Wildman–Crippen MR) is 102 cm³/mol. The van der Waals surface area contributed by atoms with E-state index >= 15 is 0 Å². The number of likely N-dealkylation sites (N-methyl/N-ethyl adjacent to an activating group) is 1. The van der Waals surface area contributed by atoms with Crippen LogP contribution >= 0.6 is 0 Å². The molecule has 3 heterocycles. The van der Waals surface area contributed by atoms with Crippen LogP contribution in [0.4, 0.5) is 0 Å². The van der Waals surface area contributed by atoms with Gasteiger partial charge in [0, 0.05) is 25.6 Å². The Kier molecular flexibility index (Phi) is 4.59. The van der Waals surface area contributed by atoms with Crippen molar-refractivity contribution in [3.8, 4) is 16.9 Å². The molecule has 29 heavy (non-hydrogen) atoms. The maximum Gasteiger partial charge on any atom is 0.356 e. The van der Waals surface area contributed by atoms with E-state index in [4.69, 9.17) is 4.74 Å². The monoisotopic (exact) mass is 393 g/mol. The van der Waals surface area contributed by atoms with Gasteiger partial charge in [-0.3, -0.25) is 4.79 Å². The molecule has 1 N–H and O–H groups in total. The molecule has 1 aromatic carbocycles.